The molecule has 0 heterocycles. The predicted octanol–water partition coefficient (Wildman–Crippen LogP) is 1.96. The molecule has 0 fully saturated rings. The minimum atomic E-state index is -4.23. The molecule has 0 aliphatic carbocycles. The van der Waals surface area contributed by atoms with Crippen molar-refractivity contribution in [3.8, 4) is 6.07 Å². The van der Waals surface area contributed by atoms with E-state index in [1.54, 1.807) is 0 Å². The second-order valence-electron chi connectivity index (χ2n) is 1.30. The Morgan fingerprint density at radius 1 is 1.44 bits per heavy atom. The van der Waals surface area contributed by atoms with Gasteiger partial charge in [0.1, 0.15) is 6.42 Å². The maximum atomic E-state index is 11.5. The van der Waals surface area contributed by atoms with Crippen LogP contribution in [0.25, 0.3) is 0 Å². The highest BCUT2D eigenvalue weighted by Gasteiger charge is 2.42. The van der Waals surface area contributed by atoms with Gasteiger partial charge in [-0.25, -0.2) is 0 Å². The van der Waals surface area contributed by atoms with Crippen molar-refractivity contribution in [1.29, 1.82) is 5.26 Å². The lowest BCUT2D eigenvalue weighted by molar-refractivity contribution is -0.0550. The minimum Gasteiger partial charge on any atom is -0.198 e. The van der Waals surface area contributed by atoms with Crippen molar-refractivity contribution >= 4 is 0 Å². The summed E-state index contributed by atoms with van der Waals surface area (Å²) < 4.78 is 45.1. The van der Waals surface area contributed by atoms with Crippen LogP contribution in [-0.4, -0.2) is 5.92 Å². The van der Waals surface area contributed by atoms with E-state index in [1.807, 2.05) is 0 Å². The van der Waals surface area contributed by atoms with Crippen LogP contribution in [0.4, 0.5) is 17.6 Å². The third-order valence-electron chi connectivity index (χ3n) is 0.578. The number of rotatable bonds is 2. The van der Waals surface area contributed by atoms with E-state index in [1.165, 1.54) is 0 Å². The molecule has 0 aromatic heterocycles. The van der Waals surface area contributed by atoms with Gasteiger partial charge in [0.2, 0.25) is 0 Å². The Hall–Kier alpha value is -0.790. The van der Waals surface area contributed by atoms with E-state index < -0.39 is 18.8 Å². The number of hydrogen-bond acceptors (Lipinski definition) is 1. The Kier molecular flexibility index (Phi) is 2.43. The molecule has 0 unspecified atom stereocenters. The van der Waals surface area contributed by atoms with Crippen LogP contribution in [0.2, 0.25) is 0 Å². The van der Waals surface area contributed by atoms with Crippen molar-refractivity contribution in [1.82, 2.24) is 0 Å². The first-order valence-electron chi connectivity index (χ1n) is 1.94. The third kappa shape index (κ3) is 2.31. The van der Waals surface area contributed by atoms with Crippen molar-refractivity contribution in [2.75, 3.05) is 0 Å². The standard InChI is InChI=1S/C4H2F4N/c5-3(6)4(7,8)1-2-9/h1H2. The number of alkyl halides is 2. The fourth-order valence-electron chi connectivity index (χ4n) is 0.166. The molecule has 0 aromatic rings. The summed E-state index contributed by atoms with van der Waals surface area (Å²) in [7, 11) is 0. The van der Waals surface area contributed by atoms with Crippen LogP contribution in [-0.2, 0) is 0 Å². The summed E-state index contributed by atoms with van der Waals surface area (Å²) in [5.41, 5.74) is 0. The molecule has 0 N–H and O–H groups in total. The molecular formula is C4H2F4N. The molecule has 51 valence electrons. The van der Waals surface area contributed by atoms with Crippen LogP contribution in [0.3, 0.4) is 0 Å². The van der Waals surface area contributed by atoms with Gasteiger partial charge in [0.05, 0.1) is 6.07 Å². The number of nitrogens with zero attached hydrogens (tertiary/aromatic N) is 1. The second-order valence-corrected chi connectivity index (χ2v) is 1.30. The summed E-state index contributed by atoms with van der Waals surface area (Å²) >= 11 is 0. The molecule has 0 amide bonds. The molecule has 0 rings (SSSR count). The van der Waals surface area contributed by atoms with Gasteiger partial charge in [0, 0.05) is 0 Å². The van der Waals surface area contributed by atoms with Gasteiger partial charge in [-0.3, -0.25) is 0 Å². The monoisotopic (exact) mass is 140 g/mol. The lowest BCUT2D eigenvalue weighted by Gasteiger charge is -2.07. The summed E-state index contributed by atoms with van der Waals surface area (Å²) in [5.74, 6) is -4.23. The second kappa shape index (κ2) is 2.67. The van der Waals surface area contributed by atoms with Crippen LogP contribution < -0.4 is 0 Å². The summed E-state index contributed by atoms with van der Waals surface area (Å²) in [5, 5.41) is 7.57. The SMILES string of the molecule is N#CCC(F)(F)[C](F)F. The lowest BCUT2D eigenvalue weighted by Crippen LogP contribution is -2.18. The maximum Gasteiger partial charge on any atom is 0.379 e. The van der Waals surface area contributed by atoms with Crippen LogP contribution in [0, 0.1) is 17.8 Å². The average molecular weight is 140 g/mol. The third-order valence-corrected chi connectivity index (χ3v) is 0.578. The Bertz CT molecular complexity index is 125. The Labute approximate surface area is 48.9 Å². The molecular weight excluding hydrogens is 138 g/mol. The molecule has 0 spiro atoms. The van der Waals surface area contributed by atoms with E-state index in [0.29, 0.717) is 0 Å². The van der Waals surface area contributed by atoms with Gasteiger partial charge in [-0.1, -0.05) is 0 Å². The highest BCUT2D eigenvalue weighted by atomic mass is 19.3. The molecule has 0 saturated heterocycles. The zero-order valence-corrected chi connectivity index (χ0v) is 4.17. The Morgan fingerprint density at radius 2 is 1.89 bits per heavy atom. The number of halogens is 4. The van der Waals surface area contributed by atoms with Crippen LogP contribution >= 0.6 is 0 Å². The molecule has 0 saturated carbocycles. The Balaban J connectivity index is 3.89. The van der Waals surface area contributed by atoms with Gasteiger partial charge in [-0.15, -0.1) is 0 Å². The predicted molar refractivity (Wildman–Crippen MR) is 20.6 cm³/mol. The van der Waals surface area contributed by atoms with Crippen molar-refractivity contribution in [2.45, 2.75) is 12.3 Å². The van der Waals surface area contributed by atoms with Crippen LogP contribution in [0.5, 0.6) is 0 Å². The highest BCUT2D eigenvalue weighted by Crippen LogP contribution is 2.31. The maximum absolute atomic E-state index is 11.5. The van der Waals surface area contributed by atoms with Gasteiger partial charge in [-0.05, 0) is 0 Å². The summed E-state index contributed by atoms with van der Waals surface area (Å²) in [6.07, 6.45) is -4.47. The molecule has 0 aliphatic heterocycles. The fraction of sp³-hybridized carbons (Fsp3) is 0.500. The van der Waals surface area contributed by atoms with E-state index in [-0.39, 0.29) is 0 Å². The minimum absolute atomic E-state index is 0.938. The van der Waals surface area contributed by atoms with Gasteiger partial charge in [0.25, 0.3) is 0 Å². The van der Waals surface area contributed by atoms with Crippen molar-refractivity contribution in [2.24, 2.45) is 0 Å². The lowest BCUT2D eigenvalue weighted by atomic mass is 10.3. The van der Waals surface area contributed by atoms with Crippen molar-refractivity contribution in [3.05, 3.63) is 6.43 Å². The van der Waals surface area contributed by atoms with E-state index >= 15 is 0 Å². The van der Waals surface area contributed by atoms with E-state index in [9.17, 15) is 17.6 Å². The molecule has 1 nitrogen and oxygen atoms in total. The van der Waals surface area contributed by atoms with E-state index in [0.717, 1.165) is 6.07 Å². The molecule has 9 heavy (non-hydrogen) atoms. The molecule has 0 bridgehead atoms. The average Bonchev–Trinajstić information content (AvgIpc) is 1.65. The summed E-state index contributed by atoms with van der Waals surface area (Å²) in [6.45, 7) is 0. The molecule has 5 heteroatoms. The summed E-state index contributed by atoms with van der Waals surface area (Å²) in [4.78, 5) is 0. The first-order valence-corrected chi connectivity index (χ1v) is 1.94. The number of hydrogen-bond donors (Lipinski definition) is 0. The quantitative estimate of drug-likeness (QED) is 0.538. The normalized spacial score (nSPS) is 11.6. The van der Waals surface area contributed by atoms with Crippen LogP contribution in [0.15, 0.2) is 0 Å². The topological polar surface area (TPSA) is 23.8 Å². The van der Waals surface area contributed by atoms with E-state index in [2.05, 4.69) is 0 Å². The number of nitriles is 1. The van der Waals surface area contributed by atoms with Gasteiger partial charge in [-0.2, -0.15) is 22.8 Å². The molecule has 0 atom stereocenters. The zero-order valence-electron chi connectivity index (χ0n) is 4.17. The fourth-order valence-corrected chi connectivity index (χ4v) is 0.166. The molecule has 1 radical (unpaired) electrons. The van der Waals surface area contributed by atoms with Crippen LogP contribution in [0.1, 0.15) is 6.42 Å². The van der Waals surface area contributed by atoms with Crippen molar-refractivity contribution < 1.29 is 17.6 Å². The first kappa shape index (κ1) is 8.21. The van der Waals surface area contributed by atoms with E-state index in [4.69, 9.17) is 5.26 Å². The van der Waals surface area contributed by atoms with Gasteiger partial charge < -0.3 is 0 Å². The van der Waals surface area contributed by atoms with Gasteiger partial charge in [0.15, 0.2) is 0 Å². The molecule has 0 aliphatic rings. The largest absolute Gasteiger partial charge is 0.379 e. The molecule has 0 aromatic carbocycles. The highest BCUT2D eigenvalue weighted by molar-refractivity contribution is 4.91. The van der Waals surface area contributed by atoms with Crippen molar-refractivity contribution in [3.63, 3.8) is 0 Å². The zero-order chi connectivity index (χ0) is 7.49. The smallest absolute Gasteiger partial charge is 0.198 e. The summed E-state index contributed by atoms with van der Waals surface area (Å²) in [6, 6.07) is 0.938. The Morgan fingerprint density at radius 3 is 2.00 bits per heavy atom. The van der Waals surface area contributed by atoms with Gasteiger partial charge >= 0.3 is 12.3 Å². The first-order chi connectivity index (χ1) is 4.00.